The second-order valence-electron chi connectivity index (χ2n) is 12.2. The van der Waals surface area contributed by atoms with Gasteiger partial charge in [-0.25, -0.2) is 19.6 Å². The number of rotatable bonds is 9. The van der Waals surface area contributed by atoms with Gasteiger partial charge in [-0.2, -0.15) is 0 Å². The highest BCUT2D eigenvalue weighted by atomic mass is 28.3. The van der Waals surface area contributed by atoms with Gasteiger partial charge in [-0.1, -0.05) is 39.2 Å². The molecule has 0 radical (unpaired) electrons. The molecule has 0 saturated heterocycles. The van der Waals surface area contributed by atoms with Crippen molar-refractivity contribution in [3.05, 3.63) is 114 Å². The summed E-state index contributed by atoms with van der Waals surface area (Å²) in [7, 11) is 2.06. The van der Waals surface area contributed by atoms with Crippen molar-refractivity contribution in [2.75, 3.05) is 6.61 Å². The second kappa shape index (κ2) is 14.6. The predicted molar refractivity (Wildman–Crippen MR) is 185 cm³/mol. The first-order chi connectivity index (χ1) is 22.0. The molecular formula is C32H41N9O5Si. The minimum Gasteiger partial charge on any atom is -0.361 e. The van der Waals surface area contributed by atoms with Gasteiger partial charge in [0.2, 0.25) is 0 Å². The molecule has 5 aromatic heterocycles. The van der Waals surface area contributed by atoms with E-state index in [9.17, 15) is 19.2 Å². The van der Waals surface area contributed by atoms with Crippen molar-refractivity contribution in [1.82, 2.24) is 37.8 Å². The van der Waals surface area contributed by atoms with Crippen LogP contribution in [0.3, 0.4) is 0 Å². The van der Waals surface area contributed by atoms with Crippen molar-refractivity contribution in [3.8, 4) is 0 Å². The molecule has 47 heavy (non-hydrogen) atoms. The number of fused-ring (bicyclic) bond motifs is 2. The van der Waals surface area contributed by atoms with Crippen LogP contribution in [0.25, 0.3) is 11.2 Å². The molecule has 0 amide bonds. The van der Waals surface area contributed by atoms with E-state index in [0.717, 1.165) is 6.04 Å². The van der Waals surface area contributed by atoms with Crippen molar-refractivity contribution < 1.29 is 4.74 Å². The minimum absolute atomic E-state index is 0. The maximum atomic E-state index is 13.0. The lowest BCUT2D eigenvalue weighted by molar-refractivity contribution is 0.0896. The minimum atomic E-state index is -1.18. The number of ether oxygens (including phenoxy) is 1. The maximum absolute atomic E-state index is 13.0. The van der Waals surface area contributed by atoms with Gasteiger partial charge >= 0.3 is 11.4 Å². The van der Waals surface area contributed by atoms with E-state index in [4.69, 9.17) is 4.74 Å². The highest BCUT2D eigenvalue weighted by Gasteiger charge is 2.20. The van der Waals surface area contributed by atoms with Crippen LogP contribution in [-0.4, -0.2) is 58.7 Å². The molecule has 15 heteroatoms. The Morgan fingerprint density at radius 1 is 0.809 bits per heavy atom. The van der Waals surface area contributed by atoms with Crippen LogP contribution in [0.15, 0.2) is 79.3 Å². The Hall–Kier alpha value is -5.02. The molecule has 0 fully saturated rings. The summed E-state index contributed by atoms with van der Waals surface area (Å²) in [5, 5.41) is 0. The van der Waals surface area contributed by atoms with Crippen LogP contribution >= 0.6 is 0 Å². The third kappa shape index (κ3) is 7.69. The average Bonchev–Trinajstić information content (AvgIpc) is 3.71. The number of pyridine rings is 2. The van der Waals surface area contributed by atoms with E-state index in [1.54, 1.807) is 67.9 Å². The summed E-state index contributed by atoms with van der Waals surface area (Å²) in [6.07, 6.45) is 6.95. The van der Waals surface area contributed by atoms with Gasteiger partial charge in [-0.05, 0) is 30.3 Å². The first-order valence-corrected chi connectivity index (χ1v) is 18.5. The number of hydrogen-bond acceptors (Lipinski definition) is 9. The van der Waals surface area contributed by atoms with E-state index in [-0.39, 0.29) is 44.1 Å². The topological polar surface area (TPSA) is 153 Å². The number of aliphatic imine (C=N–C) groups is 1. The van der Waals surface area contributed by atoms with Gasteiger partial charge in [0, 0.05) is 53.8 Å². The number of nitrogens with zero attached hydrogens (tertiary/aromatic N) is 9. The normalized spacial score (nSPS) is 12.0. The zero-order valence-electron chi connectivity index (χ0n) is 26.6. The van der Waals surface area contributed by atoms with Gasteiger partial charge in [-0.3, -0.25) is 37.8 Å². The first kappa shape index (κ1) is 34.8. The molecule has 6 rings (SSSR count). The van der Waals surface area contributed by atoms with Gasteiger partial charge in [0.15, 0.2) is 11.2 Å². The van der Waals surface area contributed by atoms with Crippen molar-refractivity contribution in [1.29, 1.82) is 0 Å². The monoisotopic (exact) mass is 659 g/mol. The average molecular weight is 660 g/mol. The third-order valence-corrected chi connectivity index (χ3v) is 9.24. The molecule has 0 saturated carbocycles. The molecule has 0 spiro atoms. The zero-order chi connectivity index (χ0) is 33.0. The van der Waals surface area contributed by atoms with Crippen LogP contribution in [0, 0.1) is 0 Å². The zero-order valence-corrected chi connectivity index (χ0v) is 27.6. The van der Waals surface area contributed by atoms with E-state index in [2.05, 4.69) is 39.6 Å². The molecule has 0 bridgehead atoms. The van der Waals surface area contributed by atoms with Crippen molar-refractivity contribution in [2.24, 2.45) is 19.1 Å². The van der Waals surface area contributed by atoms with Crippen LogP contribution in [-0.2, 0) is 45.1 Å². The highest BCUT2D eigenvalue weighted by molar-refractivity contribution is 6.76. The summed E-state index contributed by atoms with van der Waals surface area (Å²) in [5.74, 6) is 0.465. The fourth-order valence-corrected chi connectivity index (χ4v) is 5.69. The smallest absolute Gasteiger partial charge is 0.332 e. The maximum Gasteiger partial charge on any atom is 0.332 e. The molecule has 6 heterocycles. The van der Waals surface area contributed by atoms with E-state index in [1.165, 1.54) is 18.3 Å². The Morgan fingerprint density at radius 2 is 1.40 bits per heavy atom. The lowest BCUT2D eigenvalue weighted by Crippen LogP contribution is -2.40. The predicted octanol–water partition coefficient (Wildman–Crippen LogP) is 2.54. The lowest BCUT2D eigenvalue weighted by Gasteiger charge is -2.15. The fraction of sp³-hybridized carbons (Fsp3) is 0.375. The summed E-state index contributed by atoms with van der Waals surface area (Å²) >= 11 is 0. The van der Waals surface area contributed by atoms with Gasteiger partial charge in [0.05, 0.1) is 36.4 Å². The Bertz CT molecular complexity index is 2120. The molecule has 14 nitrogen and oxygen atoms in total. The van der Waals surface area contributed by atoms with Crippen LogP contribution in [0.1, 0.15) is 24.4 Å². The molecule has 0 atom stereocenters. The second-order valence-corrected chi connectivity index (χ2v) is 17.8. The standard InChI is InChI=1S/C18H25N5O3Si.C13H12N4O2.CH4/c1-21-16-15(22(12-20-16)13-26-9-10-27(2,3)4)17(24)23(18(21)25)11-14-7-5-6-8-19-14;1-16-11-10(5-7-15-11)12(18)17(13(16)19)8-9-4-2-3-6-14-9;/h5-8,12H,9-11,13H2,1-4H3;2-4,6-7H,5,8H2,1H3;1H4. The molecule has 0 unspecified atom stereocenters. The van der Waals surface area contributed by atoms with Crippen molar-refractivity contribution >= 4 is 31.3 Å². The molecule has 248 valence electrons. The summed E-state index contributed by atoms with van der Waals surface area (Å²) in [4.78, 5) is 66.7. The first-order valence-electron chi connectivity index (χ1n) is 14.8. The Morgan fingerprint density at radius 3 is 1.98 bits per heavy atom. The van der Waals surface area contributed by atoms with Crippen molar-refractivity contribution in [3.63, 3.8) is 0 Å². The SMILES string of the molecule is C.Cn1c(=O)n(Cc2ccccn2)c(=O)c2c1ncn2COCC[Si](C)(C)C.Cn1c2c(c(=O)n(Cc3ccccn3)c1=O)CC=N2. The number of hydrogen-bond donors (Lipinski definition) is 0. The van der Waals surface area contributed by atoms with Gasteiger partial charge in [-0.15, -0.1) is 0 Å². The molecule has 1 aliphatic rings. The fourth-order valence-electron chi connectivity index (χ4n) is 4.93. The Kier molecular flexibility index (Phi) is 10.8. The number of aromatic nitrogens is 8. The summed E-state index contributed by atoms with van der Waals surface area (Å²) < 4.78 is 12.6. The summed E-state index contributed by atoms with van der Waals surface area (Å²) in [6.45, 7) is 8.03. The lowest BCUT2D eigenvalue weighted by atomic mass is 10.2. The third-order valence-electron chi connectivity index (χ3n) is 7.54. The van der Waals surface area contributed by atoms with Gasteiger partial charge < -0.3 is 9.30 Å². The number of aryl methyl sites for hydroxylation is 1. The molecule has 1 aliphatic heterocycles. The van der Waals surface area contributed by atoms with Gasteiger partial charge in [0.1, 0.15) is 12.5 Å². The van der Waals surface area contributed by atoms with Crippen LogP contribution in [0.4, 0.5) is 5.82 Å². The molecule has 0 N–H and O–H groups in total. The molecular weight excluding hydrogens is 618 g/mol. The Labute approximate surface area is 272 Å². The van der Waals surface area contributed by atoms with Gasteiger partial charge in [0.25, 0.3) is 11.1 Å². The van der Waals surface area contributed by atoms with Crippen LogP contribution in [0.5, 0.6) is 0 Å². The summed E-state index contributed by atoms with van der Waals surface area (Å²) in [5.41, 5.74) is 1.17. The molecule has 0 aliphatic carbocycles. The van der Waals surface area contributed by atoms with Crippen LogP contribution in [0.2, 0.25) is 25.7 Å². The molecule has 0 aromatic carbocycles. The van der Waals surface area contributed by atoms with Crippen molar-refractivity contribution in [2.45, 2.75) is 59.4 Å². The van der Waals surface area contributed by atoms with Crippen LogP contribution < -0.4 is 22.5 Å². The number of imidazole rings is 1. The van der Waals surface area contributed by atoms with E-state index in [1.807, 2.05) is 12.1 Å². The quantitative estimate of drug-likeness (QED) is 0.173. The summed E-state index contributed by atoms with van der Waals surface area (Å²) in [6, 6.07) is 11.9. The molecule has 5 aromatic rings. The van der Waals surface area contributed by atoms with E-state index >= 15 is 0 Å². The van der Waals surface area contributed by atoms with E-state index in [0.29, 0.717) is 47.0 Å². The largest absolute Gasteiger partial charge is 0.361 e. The highest BCUT2D eigenvalue weighted by Crippen LogP contribution is 2.17. The Balaban J connectivity index is 0.000000220. The van der Waals surface area contributed by atoms with E-state index < -0.39 is 13.8 Å².